The Bertz CT molecular complexity index is 555. The summed E-state index contributed by atoms with van der Waals surface area (Å²) in [7, 11) is 0. The lowest BCUT2D eigenvalue weighted by Gasteiger charge is -2.11. The van der Waals surface area contributed by atoms with E-state index in [-0.39, 0.29) is 17.4 Å². The molecule has 0 heterocycles. The van der Waals surface area contributed by atoms with Gasteiger partial charge >= 0.3 is 5.97 Å². The second-order valence-corrected chi connectivity index (χ2v) is 4.86. The lowest BCUT2D eigenvalue weighted by atomic mass is 10.1. The molecular weight excluding hydrogens is 279 g/mol. The van der Waals surface area contributed by atoms with Gasteiger partial charge in [0.05, 0.1) is 0 Å². The number of rotatable bonds is 6. The van der Waals surface area contributed by atoms with Gasteiger partial charge in [-0.05, 0) is 37.1 Å². The zero-order chi connectivity index (χ0) is 15.4. The second-order valence-electron chi connectivity index (χ2n) is 4.86. The van der Waals surface area contributed by atoms with E-state index in [1.807, 2.05) is 0 Å². The van der Waals surface area contributed by atoms with Crippen LogP contribution in [0.5, 0.6) is 0 Å². The third-order valence-corrected chi connectivity index (χ3v) is 3.12. The summed E-state index contributed by atoms with van der Waals surface area (Å²) >= 11 is 0. The lowest BCUT2D eigenvalue weighted by molar-refractivity contribution is -0.139. The average Bonchev–Trinajstić information content (AvgIpc) is 3.29. The number of aliphatic carboxylic acids is 1. The van der Waals surface area contributed by atoms with Gasteiger partial charge in [-0.15, -0.1) is 0 Å². The number of benzene rings is 1. The van der Waals surface area contributed by atoms with Gasteiger partial charge < -0.3 is 15.7 Å². The summed E-state index contributed by atoms with van der Waals surface area (Å²) in [5, 5.41) is 13.5. The average molecular weight is 294 g/mol. The molecule has 1 atom stereocenters. The van der Waals surface area contributed by atoms with Crippen LogP contribution in [-0.4, -0.2) is 35.6 Å². The smallest absolute Gasteiger partial charge is 0.328 e. The summed E-state index contributed by atoms with van der Waals surface area (Å²) in [6.07, 6.45) is 1.79. The third kappa shape index (κ3) is 4.01. The minimum absolute atomic E-state index is 0.0458. The van der Waals surface area contributed by atoms with Gasteiger partial charge in [0.2, 0.25) is 5.91 Å². The van der Waals surface area contributed by atoms with Crippen LogP contribution in [0.2, 0.25) is 0 Å². The van der Waals surface area contributed by atoms with Crippen LogP contribution in [0, 0.1) is 5.92 Å². The molecule has 7 heteroatoms. The number of carboxylic acids is 1. The number of halogens is 1. The van der Waals surface area contributed by atoms with Crippen LogP contribution < -0.4 is 10.6 Å². The largest absolute Gasteiger partial charge is 0.480 e. The van der Waals surface area contributed by atoms with Gasteiger partial charge in [0, 0.05) is 17.2 Å². The van der Waals surface area contributed by atoms with Crippen molar-refractivity contribution in [2.45, 2.75) is 18.9 Å². The topological polar surface area (TPSA) is 95.5 Å². The first-order chi connectivity index (χ1) is 10.0. The quantitative estimate of drug-likeness (QED) is 0.734. The number of anilines is 1. The fourth-order valence-corrected chi connectivity index (χ4v) is 1.70. The van der Waals surface area contributed by atoms with E-state index in [4.69, 9.17) is 5.11 Å². The third-order valence-electron chi connectivity index (χ3n) is 3.12. The van der Waals surface area contributed by atoms with Gasteiger partial charge in [0.15, 0.2) is 6.04 Å². The van der Waals surface area contributed by atoms with Crippen LogP contribution in [0.1, 0.15) is 23.2 Å². The van der Waals surface area contributed by atoms with E-state index in [0.717, 1.165) is 12.8 Å². The Morgan fingerprint density at radius 2 is 1.86 bits per heavy atom. The molecule has 0 radical (unpaired) electrons. The molecule has 0 bridgehead atoms. The van der Waals surface area contributed by atoms with Crippen molar-refractivity contribution in [3.05, 3.63) is 29.8 Å². The summed E-state index contributed by atoms with van der Waals surface area (Å²) in [6.45, 7) is -1.18. The van der Waals surface area contributed by atoms with Crippen LogP contribution in [0.4, 0.5) is 10.1 Å². The number of amides is 2. The molecule has 1 unspecified atom stereocenters. The molecule has 21 heavy (non-hydrogen) atoms. The van der Waals surface area contributed by atoms with Gasteiger partial charge in [-0.1, -0.05) is 0 Å². The van der Waals surface area contributed by atoms with Crippen molar-refractivity contribution < 1.29 is 23.9 Å². The van der Waals surface area contributed by atoms with Crippen LogP contribution in [-0.2, 0) is 9.59 Å². The zero-order valence-corrected chi connectivity index (χ0v) is 11.1. The molecule has 1 aliphatic rings. The first kappa shape index (κ1) is 15.0. The highest BCUT2D eigenvalue weighted by molar-refractivity contribution is 5.98. The highest BCUT2D eigenvalue weighted by Gasteiger charge is 2.29. The monoisotopic (exact) mass is 294 g/mol. The molecule has 0 saturated heterocycles. The Hall–Kier alpha value is -2.44. The Morgan fingerprint density at radius 1 is 1.24 bits per heavy atom. The van der Waals surface area contributed by atoms with Crippen molar-refractivity contribution in [2.24, 2.45) is 5.92 Å². The van der Waals surface area contributed by atoms with Gasteiger partial charge in [-0.2, -0.15) is 0 Å². The number of carbonyl (C=O) groups is 3. The maximum Gasteiger partial charge on any atom is 0.328 e. The molecule has 6 nitrogen and oxygen atoms in total. The van der Waals surface area contributed by atoms with E-state index in [9.17, 15) is 18.8 Å². The maximum absolute atomic E-state index is 12.4. The molecule has 1 saturated carbocycles. The van der Waals surface area contributed by atoms with Crippen LogP contribution >= 0.6 is 0 Å². The van der Waals surface area contributed by atoms with Crippen LogP contribution in [0.3, 0.4) is 0 Å². The Labute approximate surface area is 120 Å². The molecule has 2 amide bonds. The minimum atomic E-state index is -1.56. The Kier molecular flexibility index (Phi) is 4.52. The highest BCUT2D eigenvalue weighted by Crippen LogP contribution is 2.30. The number of carbonyl (C=O) groups excluding carboxylic acids is 2. The fraction of sp³-hybridized carbons (Fsp3) is 0.357. The first-order valence-electron chi connectivity index (χ1n) is 6.52. The molecule has 1 aromatic carbocycles. The Morgan fingerprint density at radius 3 is 2.33 bits per heavy atom. The van der Waals surface area contributed by atoms with Gasteiger partial charge in [0.1, 0.15) is 6.67 Å². The Balaban J connectivity index is 1.95. The van der Waals surface area contributed by atoms with E-state index >= 15 is 0 Å². The molecular formula is C14H15FN2O4. The molecule has 0 aliphatic heterocycles. The van der Waals surface area contributed by atoms with E-state index < -0.39 is 24.6 Å². The molecule has 0 aromatic heterocycles. The SMILES string of the molecule is O=C(NC(CF)C(=O)O)c1ccc(NC(=O)C2CC2)cc1. The summed E-state index contributed by atoms with van der Waals surface area (Å²) in [4.78, 5) is 33.9. The maximum atomic E-state index is 12.4. The molecule has 1 fully saturated rings. The summed E-state index contributed by atoms with van der Waals surface area (Å²) in [5.41, 5.74) is 0.753. The number of carboxylic acid groups (broad SMARTS) is 1. The molecule has 3 N–H and O–H groups in total. The van der Waals surface area contributed by atoms with Gasteiger partial charge in [-0.25, -0.2) is 9.18 Å². The fourth-order valence-electron chi connectivity index (χ4n) is 1.70. The predicted octanol–water partition coefficient (Wildman–Crippen LogP) is 1.19. The van der Waals surface area contributed by atoms with E-state index in [1.54, 1.807) is 12.1 Å². The van der Waals surface area contributed by atoms with Crippen molar-refractivity contribution in [3.8, 4) is 0 Å². The normalized spacial score (nSPS) is 15.1. The van der Waals surface area contributed by atoms with Crippen molar-refractivity contribution in [1.82, 2.24) is 5.32 Å². The van der Waals surface area contributed by atoms with E-state index in [2.05, 4.69) is 10.6 Å². The lowest BCUT2D eigenvalue weighted by Crippen LogP contribution is -2.42. The standard InChI is InChI=1S/C14H15FN2O4/c15-7-11(14(20)21)17-13(19)9-3-5-10(6-4-9)16-12(18)8-1-2-8/h3-6,8,11H,1-2,7H2,(H,16,18)(H,17,19)(H,20,21). The molecule has 0 spiro atoms. The zero-order valence-electron chi connectivity index (χ0n) is 11.1. The first-order valence-corrected chi connectivity index (χ1v) is 6.52. The predicted molar refractivity (Wildman–Crippen MR) is 72.7 cm³/mol. The summed E-state index contributed by atoms with van der Waals surface area (Å²) in [5.74, 6) is -2.08. The van der Waals surface area contributed by atoms with Crippen molar-refractivity contribution >= 4 is 23.5 Å². The molecule has 1 aromatic rings. The summed E-state index contributed by atoms with van der Waals surface area (Å²) in [6, 6.07) is 4.40. The number of hydrogen-bond acceptors (Lipinski definition) is 3. The van der Waals surface area contributed by atoms with E-state index in [0.29, 0.717) is 5.69 Å². The number of hydrogen-bond donors (Lipinski definition) is 3. The van der Waals surface area contributed by atoms with E-state index in [1.165, 1.54) is 12.1 Å². The van der Waals surface area contributed by atoms with Crippen LogP contribution in [0.25, 0.3) is 0 Å². The van der Waals surface area contributed by atoms with Crippen LogP contribution in [0.15, 0.2) is 24.3 Å². The number of nitrogens with one attached hydrogen (secondary N) is 2. The van der Waals surface area contributed by atoms with Gasteiger partial charge in [0.25, 0.3) is 5.91 Å². The van der Waals surface area contributed by atoms with Gasteiger partial charge in [-0.3, -0.25) is 9.59 Å². The summed E-state index contributed by atoms with van der Waals surface area (Å²) < 4.78 is 12.4. The van der Waals surface area contributed by atoms with Crippen molar-refractivity contribution in [3.63, 3.8) is 0 Å². The number of alkyl halides is 1. The molecule has 1 aliphatic carbocycles. The second kappa shape index (κ2) is 6.34. The molecule has 2 rings (SSSR count). The van der Waals surface area contributed by atoms with Crippen molar-refractivity contribution in [2.75, 3.05) is 12.0 Å². The van der Waals surface area contributed by atoms with Crippen molar-refractivity contribution in [1.29, 1.82) is 0 Å². The minimum Gasteiger partial charge on any atom is -0.480 e. The molecule has 112 valence electrons. The highest BCUT2D eigenvalue weighted by atomic mass is 19.1.